The molecule has 26 heavy (non-hydrogen) atoms. The van der Waals surface area contributed by atoms with Gasteiger partial charge < -0.3 is 5.32 Å². The van der Waals surface area contributed by atoms with Crippen molar-refractivity contribution in [3.05, 3.63) is 74.7 Å². The lowest BCUT2D eigenvalue weighted by Crippen LogP contribution is -2.14. The van der Waals surface area contributed by atoms with Gasteiger partial charge in [-0.2, -0.15) is 0 Å². The summed E-state index contributed by atoms with van der Waals surface area (Å²) in [5.74, 6) is -0.0909. The van der Waals surface area contributed by atoms with Gasteiger partial charge in [0.25, 0.3) is 0 Å². The molecule has 0 radical (unpaired) electrons. The van der Waals surface area contributed by atoms with Crippen LogP contribution in [0.15, 0.2) is 48.5 Å². The number of amides is 1. The Morgan fingerprint density at radius 3 is 2.62 bits per heavy atom. The van der Waals surface area contributed by atoms with Crippen molar-refractivity contribution in [3.8, 4) is 0 Å². The molecule has 0 spiro atoms. The van der Waals surface area contributed by atoms with Crippen molar-refractivity contribution < 1.29 is 4.79 Å². The molecule has 1 amide bonds. The van der Waals surface area contributed by atoms with Crippen LogP contribution in [-0.4, -0.2) is 16.1 Å². The van der Waals surface area contributed by atoms with E-state index in [0.717, 1.165) is 35.4 Å². The number of benzene rings is 2. The summed E-state index contributed by atoms with van der Waals surface area (Å²) in [5, 5.41) is 13.7. The SMILES string of the molecule is O=C(Cc1ccccc1)Nc1nnc(CCCc2ccc(Cl)cc2Cl)s1. The third kappa shape index (κ3) is 5.53. The highest BCUT2D eigenvalue weighted by Crippen LogP contribution is 2.23. The third-order valence-corrected chi connectivity index (χ3v) is 5.26. The highest BCUT2D eigenvalue weighted by atomic mass is 35.5. The first kappa shape index (κ1) is 18.8. The Bertz CT molecular complexity index is 884. The Labute approximate surface area is 166 Å². The predicted octanol–water partition coefficient (Wildman–Crippen LogP) is 5.20. The van der Waals surface area contributed by atoms with Crippen molar-refractivity contribution in [1.82, 2.24) is 10.2 Å². The van der Waals surface area contributed by atoms with E-state index in [1.807, 2.05) is 42.5 Å². The van der Waals surface area contributed by atoms with Gasteiger partial charge in [-0.25, -0.2) is 0 Å². The Morgan fingerprint density at radius 2 is 1.85 bits per heavy atom. The summed E-state index contributed by atoms with van der Waals surface area (Å²) in [6.45, 7) is 0. The number of hydrogen-bond donors (Lipinski definition) is 1. The summed E-state index contributed by atoms with van der Waals surface area (Å²) >= 11 is 13.5. The van der Waals surface area contributed by atoms with Crippen LogP contribution in [-0.2, 0) is 24.1 Å². The van der Waals surface area contributed by atoms with Gasteiger partial charge in [0, 0.05) is 16.5 Å². The number of halogens is 2. The van der Waals surface area contributed by atoms with Gasteiger partial charge in [-0.1, -0.05) is 70.9 Å². The average Bonchev–Trinajstić information content (AvgIpc) is 3.05. The van der Waals surface area contributed by atoms with Gasteiger partial charge in [-0.3, -0.25) is 4.79 Å². The summed E-state index contributed by atoms with van der Waals surface area (Å²) in [6, 6.07) is 15.1. The van der Waals surface area contributed by atoms with Crippen LogP contribution in [0.1, 0.15) is 22.6 Å². The van der Waals surface area contributed by atoms with E-state index in [1.165, 1.54) is 11.3 Å². The molecule has 0 bridgehead atoms. The smallest absolute Gasteiger partial charge is 0.230 e. The standard InChI is InChI=1S/C19H17Cl2N3OS/c20-15-10-9-14(16(21)12-15)7-4-8-18-23-24-19(26-18)22-17(25)11-13-5-2-1-3-6-13/h1-3,5-6,9-10,12H,4,7-8,11H2,(H,22,24,25). The zero-order valence-electron chi connectivity index (χ0n) is 13.9. The van der Waals surface area contributed by atoms with E-state index in [0.29, 0.717) is 21.6 Å². The van der Waals surface area contributed by atoms with Crippen LogP contribution in [0.3, 0.4) is 0 Å². The second kappa shape index (κ2) is 9.12. The van der Waals surface area contributed by atoms with Gasteiger partial charge in [0.15, 0.2) is 0 Å². The van der Waals surface area contributed by atoms with Crippen LogP contribution in [0.25, 0.3) is 0 Å². The number of carbonyl (C=O) groups excluding carboxylic acids is 1. The fourth-order valence-electron chi connectivity index (χ4n) is 2.50. The molecule has 1 heterocycles. The molecule has 3 rings (SSSR count). The van der Waals surface area contributed by atoms with Crippen molar-refractivity contribution in [2.75, 3.05) is 5.32 Å². The van der Waals surface area contributed by atoms with Crippen LogP contribution < -0.4 is 5.32 Å². The summed E-state index contributed by atoms with van der Waals surface area (Å²) in [4.78, 5) is 12.1. The number of nitrogens with zero attached hydrogens (tertiary/aromatic N) is 2. The van der Waals surface area contributed by atoms with Gasteiger partial charge in [0.05, 0.1) is 6.42 Å². The molecule has 0 fully saturated rings. The molecule has 1 N–H and O–H groups in total. The molecule has 0 aliphatic rings. The highest BCUT2D eigenvalue weighted by Gasteiger charge is 2.09. The minimum atomic E-state index is -0.0909. The van der Waals surface area contributed by atoms with Crippen LogP contribution >= 0.6 is 34.5 Å². The topological polar surface area (TPSA) is 54.9 Å². The molecule has 2 aromatic carbocycles. The van der Waals surface area contributed by atoms with Gasteiger partial charge in [0.1, 0.15) is 5.01 Å². The van der Waals surface area contributed by atoms with E-state index in [-0.39, 0.29) is 5.91 Å². The summed E-state index contributed by atoms with van der Waals surface area (Å²) < 4.78 is 0. The van der Waals surface area contributed by atoms with E-state index in [4.69, 9.17) is 23.2 Å². The van der Waals surface area contributed by atoms with E-state index < -0.39 is 0 Å². The molecule has 4 nitrogen and oxygen atoms in total. The van der Waals surface area contributed by atoms with E-state index >= 15 is 0 Å². The highest BCUT2D eigenvalue weighted by molar-refractivity contribution is 7.15. The molecule has 1 aromatic heterocycles. The number of hydrogen-bond acceptors (Lipinski definition) is 4. The molecule has 0 unspecified atom stereocenters. The lowest BCUT2D eigenvalue weighted by Gasteiger charge is -2.03. The quantitative estimate of drug-likeness (QED) is 0.587. The first-order valence-corrected chi connectivity index (χ1v) is 9.77. The van der Waals surface area contributed by atoms with Gasteiger partial charge in [0.2, 0.25) is 11.0 Å². The number of nitrogens with one attached hydrogen (secondary N) is 1. The Balaban J connectivity index is 1.47. The second-order valence-corrected chi connectivity index (χ2v) is 7.71. The van der Waals surface area contributed by atoms with Crippen molar-refractivity contribution >= 4 is 45.6 Å². The maximum Gasteiger partial charge on any atom is 0.230 e. The van der Waals surface area contributed by atoms with Gasteiger partial charge in [-0.15, -0.1) is 10.2 Å². The molecule has 3 aromatic rings. The van der Waals surface area contributed by atoms with Crippen molar-refractivity contribution in [2.45, 2.75) is 25.7 Å². The van der Waals surface area contributed by atoms with Gasteiger partial charge in [-0.05, 0) is 36.1 Å². The zero-order chi connectivity index (χ0) is 18.4. The number of aromatic nitrogens is 2. The number of aryl methyl sites for hydroxylation is 2. The largest absolute Gasteiger partial charge is 0.300 e. The fraction of sp³-hybridized carbons (Fsp3) is 0.211. The monoisotopic (exact) mass is 405 g/mol. The van der Waals surface area contributed by atoms with Crippen LogP contribution in [0.2, 0.25) is 10.0 Å². The van der Waals surface area contributed by atoms with E-state index in [9.17, 15) is 4.79 Å². The number of carbonyl (C=O) groups is 1. The minimum Gasteiger partial charge on any atom is -0.300 e. The molecule has 0 saturated heterocycles. The van der Waals surface area contributed by atoms with E-state index in [1.54, 1.807) is 6.07 Å². The van der Waals surface area contributed by atoms with Crippen molar-refractivity contribution in [1.29, 1.82) is 0 Å². The van der Waals surface area contributed by atoms with E-state index in [2.05, 4.69) is 15.5 Å². The molecule has 0 saturated carbocycles. The Kier molecular flexibility index (Phi) is 6.61. The zero-order valence-corrected chi connectivity index (χ0v) is 16.2. The number of anilines is 1. The average molecular weight is 406 g/mol. The Hall–Kier alpha value is -1.95. The van der Waals surface area contributed by atoms with Crippen LogP contribution in [0.4, 0.5) is 5.13 Å². The molecule has 0 aliphatic carbocycles. The summed E-state index contributed by atoms with van der Waals surface area (Å²) in [5.41, 5.74) is 2.03. The first-order chi connectivity index (χ1) is 12.6. The molecular formula is C19H17Cl2N3OS. The number of rotatable bonds is 7. The molecule has 134 valence electrons. The summed E-state index contributed by atoms with van der Waals surface area (Å²) in [7, 11) is 0. The molecule has 7 heteroatoms. The molecule has 0 aliphatic heterocycles. The maximum atomic E-state index is 12.1. The van der Waals surface area contributed by atoms with Crippen molar-refractivity contribution in [2.24, 2.45) is 0 Å². The lowest BCUT2D eigenvalue weighted by atomic mass is 10.1. The molecule has 0 atom stereocenters. The molecular weight excluding hydrogens is 389 g/mol. The Morgan fingerprint density at radius 1 is 1.04 bits per heavy atom. The van der Waals surface area contributed by atoms with Gasteiger partial charge >= 0.3 is 0 Å². The minimum absolute atomic E-state index is 0.0909. The lowest BCUT2D eigenvalue weighted by molar-refractivity contribution is -0.115. The normalized spacial score (nSPS) is 10.7. The third-order valence-electron chi connectivity index (χ3n) is 3.77. The predicted molar refractivity (Wildman–Crippen MR) is 107 cm³/mol. The second-order valence-electron chi connectivity index (χ2n) is 5.80. The fourth-order valence-corrected chi connectivity index (χ4v) is 3.81. The van der Waals surface area contributed by atoms with Crippen LogP contribution in [0.5, 0.6) is 0 Å². The summed E-state index contributed by atoms with van der Waals surface area (Å²) in [6.07, 6.45) is 2.84. The van der Waals surface area contributed by atoms with Crippen LogP contribution in [0, 0.1) is 0 Å². The van der Waals surface area contributed by atoms with Crippen molar-refractivity contribution in [3.63, 3.8) is 0 Å². The maximum absolute atomic E-state index is 12.1. The first-order valence-electron chi connectivity index (χ1n) is 8.20.